The Hall–Kier alpha value is -1.36. The Kier molecular flexibility index (Phi) is 3.34. The molecule has 5 heteroatoms. The highest BCUT2D eigenvalue weighted by Gasteiger charge is 2.18. The second-order valence-corrected chi connectivity index (χ2v) is 3.44. The summed E-state index contributed by atoms with van der Waals surface area (Å²) in [5, 5.41) is 3.13. The summed E-state index contributed by atoms with van der Waals surface area (Å²) >= 11 is 0. The van der Waals surface area contributed by atoms with E-state index in [4.69, 9.17) is 9.47 Å². The predicted octanol–water partition coefficient (Wildman–Crippen LogP) is 0.616. The second kappa shape index (κ2) is 4.93. The fourth-order valence-corrected chi connectivity index (χ4v) is 1.19. The summed E-state index contributed by atoms with van der Waals surface area (Å²) in [5.74, 6) is 1.16. The smallest absolute Gasteiger partial charge is 0.220 e. The molecule has 0 aromatic carbocycles. The first-order valence-corrected chi connectivity index (χ1v) is 5.20. The molecule has 0 saturated carbocycles. The van der Waals surface area contributed by atoms with Crippen LogP contribution in [0.1, 0.15) is 13.3 Å². The normalized spacial score (nSPS) is 15.8. The molecule has 0 radical (unpaired) electrons. The Bertz CT molecular complexity index is 315. The summed E-state index contributed by atoms with van der Waals surface area (Å²) in [7, 11) is 0. The van der Waals surface area contributed by atoms with Gasteiger partial charge in [0, 0.05) is 13.1 Å². The number of ether oxygens (including phenoxy) is 2. The highest BCUT2D eigenvalue weighted by atomic mass is 16.5. The van der Waals surface area contributed by atoms with E-state index in [1.807, 2.05) is 0 Å². The van der Waals surface area contributed by atoms with Crippen LogP contribution in [-0.4, -0.2) is 35.8 Å². The molecule has 1 aliphatic heterocycles. The van der Waals surface area contributed by atoms with Crippen LogP contribution < -0.4 is 14.8 Å². The van der Waals surface area contributed by atoms with Gasteiger partial charge in [-0.15, -0.1) is 0 Å². The summed E-state index contributed by atoms with van der Waals surface area (Å²) in [6.07, 6.45) is 2.66. The van der Waals surface area contributed by atoms with E-state index in [1.165, 1.54) is 6.33 Å². The van der Waals surface area contributed by atoms with E-state index in [1.54, 1.807) is 6.07 Å². The van der Waals surface area contributed by atoms with Gasteiger partial charge in [0.15, 0.2) is 0 Å². The SMILES string of the molecule is CCCOc1cc(OC2CNC2)ncn1. The molecule has 1 N–H and O–H groups in total. The van der Waals surface area contributed by atoms with E-state index >= 15 is 0 Å². The van der Waals surface area contributed by atoms with Crippen LogP contribution in [0.5, 0.6) is 11.8 Å². The van der Waals surface area contributed by atoms with Crippen molar-refractivity contribution < 1.29 is 9.47 Å². The average Bonchev–Trinajstić information content (AvgIpc) is 2.21. The molecule has 1 fully saturated rings. The Balaban J connectivity index is 1.92. The topological polar surface area (TPSA) is 56.3 Å². The van der Waals surface area contributed by atoms with Gasteiger partial charge in [0.1, 0.15) is 12.4 Å². The van der Waals surface area contributed by atoms with Gasteiger partial charge < -0.3 is 14.8 Å². The second-order valence-electron chi connectivity index (χ2n) is 3.44. The molecule has 2 heterocycles. The largest absolute Gasteiger partial charge is 0.478 e. The van der Waals surface area contributed by atoms with Crippen molar-refractivity contribution in [3.8, 4) is 11.8 Å². The summed E-state index contributed by atoms with van der Waals surface area (Å²) in [6.45, 7) is 4.49. The molecule has 0 unspecified atom stereocenters. The summed E-state index contributed by atoms with van der Waals surface area (Å²) < 4.78 is 11.0. The molecule has 1 aromatic heterocycles. The van der Waals surface area contributed by atoms with E-state index in [0.717, 1.165) is 19.5 Å². The first-order chi connectivity index (χ1) is 7.38. The molecule has 0 amide bonds. The van der Waals surface area contributed by atoms with Crippen molar-refractivity contribution in [1.29, 1.82) is 0 Å². The quantitative estimate of drug-likeness (QED) is 0.770. The molecule has 82 valence electrons. The molecule has 15 heavy (non-hydrogen) atoms. The van der Waals surface area contributed by atoms with Crippen LogP contribution in [0.15, 0.2) is 12.4 Å². The highest BCUT2D eigenvalue weighted by Crippen LogP contribution is 2.15. The third kappa shape index (κ3) is 2.79. The molecule has 1 aliphatic rings. The molecule has 1 aromatic rings. The van der Waals surface area contributed by atoms with Crippen LogP contribution in [0.4, 0.5) is 0 Å². The van der Waals surface area contributed by atoms with Crippen molar-refractivity contribution in [1.82, 2.24) is 15.3 Å². The van der Waals surface area contributed by atoms with Gasteiger partial charge in [0.2, 0.25) is 11.8 Å². The molecular formula is C10H15N3O2. The van der Waals surface area contributed by atoms with Gasteiger partial charge in [-0.2, -0.15) is 0 Å². The molecule has 1 saturated heterocycles. The highest BCUT2D eigenvalue weighted by molar-refractivity contribution is 5.18. The molecule has 0 atom stereocenters. The molecule has 0 spiro atoms. The summed E-state index contributed by atoms with van der Waals surface area (Å²) in [6, 6.07) is 1.73. The van der Waals surface area contributed by atoms with Crippen molar-refractivity contribution >= 4 is 0 Å². The van der Waals surface area contributed by atoms with Crippen molar-refractivity contribution in [3.05, 3.63) is 12.4 Å². The lowest BCUT2D eigenvalue weighted by molar-refractivity contribution is 0.135. The van der Waals surface area contributed by atoms with Crippen molar-refractivity contribution in [3.63, 3.8) is 0 Å². The zero-order valence-electron chi connectivity index (χ0n) is 8.77. The fraction of sp³-hybridized carbons (Fsp3) is 0.600. The lowest BCUT2D eigenvalue weighted by atomic mass is 10.2. The van der Waals surface area contributed by atoms with Crippen LogP contribution in [0.25, 0.3) is 0 Å². The number of nitrogens with one attached hydrogen (secondary N) is 1. The molecule has 2 rings (SSSR count). The van der Waals surface area contributed by atoms with Gasteiger partial charge in [-0.25, -0.2) is 9.97 Å². The zero-order valence-corrected chi connectivity index (χ0v) is 8.77. The Morgan fingerprint density at radius 1 is 1.40 bits per heavy atom. The summed E-state index contributed by atoms with van der Waals surface area (Å²) in [4.78, 5) is 8.03. The maximum atomic E-state index is 5.58. The number of rotatable bonds is 5. The van der Waals surface area contributed by atoms with Crippen LogP contribution in [0.3, 0.4) is 0 Å². The van der Waals surface area contributed by atoms with Gasteiger partial charge in [-0.05, 0) is 6.42 Å². The van der Waals surface area contributed by atoms with Crippen LogP contribution >= 0.6 is 0 Å². The van der Waals surface area contributed by atoms with Crippen molar-refractivity contribution in [2.45, 2.75) is 19.4 Å². The lowest BCUT2D eigenvalue weighted by Gasteiger charge is -2.27. The van der Waals surface area contributed by atoms with Gasteiger partial charge >= 0.3 is 0 Å². The average molecular weight is 209 g/mol. The third-order valence-corrected chi connectivity index (χ3v) is 2.10. The molecule has 0 aliphatic carbocycles. The number of hydrogen-bond acceptors (Lipinski definition) is 5. The first kappa shape index (κ1) is 10.2. The van der Waals surface area contributed by atoms with Gasteiger partial charge in [-0.3, -0.25) is 0 Å². The van der Waals surface area contributed by atoms with E-state index in [2.05, 4.69) is 22.2 Å². The molecular weight excluding hydrogens is 194 g/mol. The standard InChI is InChI=1S/C10H15N3O2/c1-2-3-14-9-4-10(13-7-12-9)15-8-5-11-6-8/h4,7-8,11H,2-3,5-6H2,1H3. The number of hydrogen-bond donors (Lipinski definition) is 1. The minimum atomic E-state index is 0.235. The third-order valence-electron chi connectivity index (χ3n) is 2.10. The Morgan fingerprint density at radius 2 is 2.20 bits per heavy atom. The molecule has 0 bridgehead atoms. The van der Waals surface area contributed by atoms with E-state index in [0.29, 0.717) is 18.4 Å². The van der Waals surface area contributed by atoms with Crippen LogP contribution in [0, 0.1) is 0 Å². The number of nitrogens with zero attached hydrogens (tertiary/aromatic N) is 2. The van der Waals surface area contributed by atoms with Crippen LogP contribution in [-0.2, 0) is 0 Å². The van der Waals surface area contributed by atoms with Gasteiger partial charge in [0.05, 0.1) is 12.7 Å². The van der Waals surface area contributed by atoms with Crippen molar-refractivity contribution in [2.24, 2.45) is 0 Å². The molecule has 5 nitrogen and oxygen atoms in total. The van der Waals surface area contributed by atoms with E-state index < -0.39 is 0 Å². The first-order valence-electron chi connectivity index (χ1n) is 5.20. The minimum absolute atomic E-state index is 0.235. The summed E-state index contributed by atoms with van der Waals surface area (Å²) in [5.41, 5.74) is 0. The maximum absolute atomic E-state index is 5.58. The fourth-order valence-electron chi connectivity index (χ4n) is 1.19. The predicted molar refractivity (Wildman–Crippen MR) is 55.1 cm³/mol. The Morgan fingerprint density at radius 3 is 2.87 bits per heavy atom. The van der Waals surface area contributed by atoms with E-state index in [9.17, 15) is 0 Å². The van der Waals surface area contributed by atoms with Gasteiger partial charge in [-0.1, -0.05) is 6.92 Å². The minimum Gasteiger partial charge on any atom is -0.478 e. The zero-order chi connectivity index (χ0) is 10.5. The van der Waals surface area contributed by atoms with Gasteiger partial charge in [0.25, 0.3) is 0 Å². The lowest BCUT2D eigenvalue weighted by Crippen LogP contribution is -2.50. The van der Waals surface area contributed by atoms with Crippen LogP contribution in [0.2, 0.25) is 0 Å². The maximum Gasteiger partial charge on any atom is 0.220 e. The Labute approximate surface area is 88.8 Å². The number of aromatic nitrogens is 2. The monoisotopic (exact) mass is 209 g/mol. The van der Waals surface area contributed by atoms with E-state index in [-0.39, 0.29) is 6.10 Å². The van der Waals surface area contributed by atoms with Crippen molar-refractivity contribution in [2.75, 3.05) is 19.7 Å².